The van der Waals surface area contributed by atoms with Crippen LogP contribution in [0.1, 0.15) is 32.0 Å². The zero-order valence-corrected chi connectivity index (χ0v) is 19.3. The van der Waals surface area contributed by atoms with Gasteiger partial charge in [-0.1, -0.05) is 35.9 Å². The molecule has 11 heteroatoms. The molecule has 0 radical (unpaired) electrons. The summed E-state index contributed by atoms with van der Waals surface area (Å²) in [4.78, 5) is 51.6. The zero-order chi connectivity index (χ0) is 25.6. The number of aromatic nitrogens is 1. The second-order valence-corrected chi connectivity index (χ2v) is 8.45. The minimum Gasteiger partial charge on any atom is -0.503 e. The molecule has 0 bridgehead atoms. The quantitative estimate of drug-likeness (QED) is 0.505. The predicted molar refractivity (Wildman–Crippen MR) is 126 cm³/mol. The summed E-state index contributed by atoms with van der Waals surface area (Å²) in [6, 6.07) is 7.85. The standard InChI is InChI=1S/C24H19ClFN3O6/c1-11-5-3-6-12(2)18(11)27-22(32)16-10-28-9-13(24(34)35)20(30)21(31)19(28)23(33)29(16)15-8-4-7-14(25)17(15)26/h3-9,16,31H,10H2,1-2H3,(H,27,32)(H,34,35). The van der Waals surface area contributed by atoms with Crippen molar-refractivity contribution in [2.45, 2.75) is 26.4 Å². The second-order valence-electron chi connectivity index (χ2n) is 8.05. The van der Waals surface area contributed by atoms with E-state index < -0.39 is 52.1 Å². The number of nitrogens with one attached hydrogen (secondary N) is 1. The molecule has 0 aliphatic carbocycles. The Morgan fingerprint density at radius 3 is 2.37 bits per heavy atom. The number of benzene rings is 2. The number of aromatic hydroxyl groups is 1. The maximum atomic E-state index is 15.0. The van der Waals surface area contributed by atoms with Gasteiger partial charge in [0.05, 0.1) is 17.3 Å². The summed E-state index contributed by atoms with van der Waals surface area (Å²) in [6.07, 6.45) is 0.878. The molecule has 1 aromatic heterocycles. The number of rotatable bonds is 4. The molecule has 180 valence electrons. The van der Waals surface area contributed by atoms with E-state index in [9.17, 15) is 29.4 Å². The van der Waals surface area contributed by atoms with Crippen molar-refractivity contribution >= 4 is 40.8 Å². The Kier molecular flexibility index (Phi) is 6.08. The predicted octanol–water partition coefficient (Wildman–Crippen LogP) is 3.33. The Balaban J connectivity index is 1.90. The minimum absolute atomic E-state index is 0.308. The molecule has 3 aromatic rings. The van der Waals surface area contributed by atoms with Crippen LogP contribution in [-0.4, -0.2) is 38.6 Å². The third-order valence-corrected chi connectivity index (χ3v) is 6.10. The van der Waals surface area contributed by atoms with E-state index in [1.165, 1.54) is 18.2 Å². The Labute approximate surface area is 203 Å². The van der Waals surface area contributed by atoms with E-state index in [4.69, 9.17) is 11.6 Å². The van der Waals surface area contributed by atoms with Crippen LogP contribution in [0.25, 0.3) is 0 Å². The molecule has 1 aliphatic rings. The fourth-order valence-electron chi connectivity index (χ4n) is 4.07. The molecule has 3 N–H and O–H groups in total. The first kappa shape index (κ1) is 24.0. The highest BCUT2D eigenvalue weighted by molar-refractivity contribution is 6.31. The number of halogens is 2. The topological polar surface area (TPSA) is 129 Å². The molecular weight excluding hydrogens is 481 g/mol. The first-order chi connectivity index (χ1) is 16.5. The van der Waals surface area contributed by atoms with Gasteiger partial charge in [0.15, 0.2) is 17.3 Å². The fourth-order valence-corrected chi connectivity index (χ4v) is 4.24. The first-order valence-corrected chi connectivity index (χ1v) is 10.7. The van der Waals surface area contributed by atoms with Gasteiger partial charge < -0.3 is 20.1 Å². The highest BCUT2D eigenvalue weighted by Crippen LogP contribution is 2.33. The summed E-state index contributed by atoms with van der Waals surface area (Å²) in [5, 5.41) is 22.2. The zero-order valence-electron chi connectivity index (χ0n) is 18.5. The number of hydrogen-bond acceptors (Lipinski definition) is 5. The summed E-state index contributed by atoms with van der Waals surface area (Å²) >= 11 is 5.91. The van der Waals surface area contributed by atoms with Crippen LogP contribution in [-0.2, 0) is 11.3 Å². The van der Waals surface area contributed by atoms with Crippen LogP contribution in [0.5, 0.6) is 5.75 Å². The van der Waals surface area contributed by atoms with E-state index in [1.54, 1.807) is 32.0 Å². The number of anilines is 2. The summed E-state index contributed by atoms with van der Waals surface area (Å²) in [5.41, 5.74) is -0.986. The monoisotopic (exact) mass is 499 g/mol. The Hall–Kier alpha value is -4.18. The van der Waals surface area contributed by atoms with Crippen LogP contribution >= 0.6 is 11.6 Å². The largest absolute Gasteiger partial charge is 0.503 e. The highest BCUT2D eigenvalue weighted by atomic mass is 35.5. The van der Waals surface area contributed by atoms with E-state index >= 15 is 4.39 Å². The Morgan fingerprint density at radius 2 is 1.74 bits per heavy atom. The van der Waals surface area contributed by atoms with Gasteiger partial charge in [-0.15, -0.1) is 0 Å². The fraction of sp³-hybridized carbons (Fsp3) is 0.167. The third-order valence-electron chi connectivity index (χ3n) is 5.81. The number of carbonyl (C=O) groups is 3. The highest BCUT2D eigenvalue weighted by Gasteiger charge is 2.42. The molecule has 2 heterocycles. The number of carbonyl (C=O) groups excluding carboxylic acids is 2. The normalized spacial score (nSPS) is 15.0. The Morgan fingerprint density at radius 1 is 1.11 bits per heavy atom. The van der Waals surface area contributed by atoms with Crippen LogP contribution in [0, 0.1) is 19.7 Å². The molecule has 1 aliphatic heterocycles. The molecule has 0 spiro atoms. The van der Waals surface area contributed by atoms with Crippen molar-refractivity contribution in [2.75, 3.05) is 10.2 Å². The lowest BCUT2D eigenvalue weighted by molar-refractivity contribution is -0.117. The van der Waals surface area contributed by atoms with Gasteiger partial charge in [-0.05, 0) is 37.1 Å². The maximum absolute atomic E-state index is 15.0. The number of carboxylic acid groups (broad SMARTS) is 1. The van der Waals surface area contributed by atoms with E-state index in [0.717, 1.165) is 26.8 Å². The van der Waals surface area contributed by atoms with Gasteiger partial charge in [-0.3, -0.25) is 19.3 Å². The van der Waals surface area contributed by atoms with Crippen LogP contribution in [0.4, 0.5) is 15.8 Å². The van der Waals surface area contributed by atoms with Gasteiger partial charge in [-0.25, -0.2) is 9.18 Å². The van der Waals surface area contributed by atoms with E-state index in [-0.39, 0.29) is 17.3 Å². The van der Waals surface area contributed by atoms with Crippen molar-refractivity contribution in [3.8, 4) is 5.75 Å². The molecule has 9 nitrogen and oxygen atoms in total. The lowest BCUT2D eigenvalue weighted by Crippen LogP contribution is -2.55. The third kappa shape index (κ3) is 4.01. The van der Waals surface area contributed by atoms with Crippen LogP contribution in [0.15, 0.2) is 47.4 Å². The summed E-state index contributed by atoms with van der Waals surface area (Å²) in [7, 11) is 0. The number of amides is 2. The van der Waals surface area contributed by atoms with Gasteiger partial charge in [0, 0.05) is 11.9 Å². The van der Waals surface area contributed by atoms with Gasteiger partial charge in [0.1, 0.15) is 11.6 Å². The number of carboxylic acids is 1. The number of aromatic carboxylic acids is 1. The molecule has 1 atom stereocenters. The number of pyridine rings is 1. The van der Waals surface area contributed by atoms with Crippen molar-refractivity contribution in [2.24, 2.45) is 0 Å². The van der Waals surface area contributed by atoms with Crippen LogP contribution in [0.3, 0.4) is 0 Å². The number of para-hydroxylation sites is 1. The van der Waals surface area contributed by atoms with Crippen molar-refractivity contribution in [1.82, 2.24) is 4.57 Å². The number of fused-ring (bicyclic) bond motifs is 1. The molecular formula is C24H19ClFN3O6. The van der Waals surface area contributed by atoms with E-state index in [0.29, 0.717) is 5.69 Å². The van der Waals surface area contributed by atoms with Crippen LogP contribution < -0.4 is 15.6 Å². The molecule has 0 saturated carbocycles. The molecule has 4 rings (SSSR count). The smallest absolute Gasteiger partial charge is 0.341 e. The van der Waals surface area contributed by atoms with Crippen molar-refractivity contribution < 1.29 is 29.0 Å². The van der Waals surface area contributed by atoms with E-state index in [1.807, 2.05) is 0 Å². The molecule has 35 heavy (non-hydrogen) atoms. The van der Waals surface area contributed by atoms with Gasteiger partial charge in [0.25, 0.3) is 5.91 Å². The van der Waals surface area contributed by atoms with Crippen molar-refractivity contribution in [1.29, 1.82) is 0 Å². The van der Waals surface area contributed by atoms with E-state index in [2.05, 4.69) is 5.32 Å². The summed E-state index contributed by atoms with van der Waals surface area (Å²) in [5.74, 6) is -5.49. The number of nitrogens with zero attached hydrogens (tertiary/aromatic N) is 2. The van der Waals surface area contributed by atoms with Crippen molar-refractivity contribution in [3.05, 3.63) is 86.0 Å². The molecule has 0 saturated heterocycles. The molecule has 1 unspecified atom stereocenters. The molecule has 2 amide bonds. The summed E-state index contributed by atoms with van der Waals surface area (Å²) < 4.78 is 16.0. The van der Waals surface area contributed by atoms with Crippen LogP contribution in [0.2, 0.25) is 5.02 Å². The number of aryl methyl sites for hydroxylation is 2. The number of hydrogen-bond donors (Lipinski definition) is 3. The Bertz CT molecular complexity index is 1450. The van der Waals surface area contributed by atoms with Gasteiger partial charge >= 0.3 is 5.97 Å². The lowest BCUT2D eigenvalue weighted by atomic mass is 10.0. The molecule has 2 aromatic carbocycles. The first-order valence-electron chi connectivity index (χ1n) is 10.4. The second kappa shape index (κ2) is 8.88. The van der Waals surface area contributed by atoms with Gasteiger partial charge in [0.2, 0.25) is 11.3 Å². The average Bonchev–Trinajstić information content (AvgIpc) is 2.80. The summed E-state index contributed by atoms with van der Waals surface area (Å²) in [6.45, 7) is 3.18. The minimum atomic E-state index is -1.62. The lowest BCUT2D eigenvalue weighted by Gasteiger charge is -2.37. The maximum Gasteiger partial charge on any atom is 0.341 e. The SMILES string of the molecule is Cc1cccc(C)c1NC(=O)C1Cn2cc(C(=O)O)c(=O)c(O)c2C(=O)N1c1cccc(Cl)c1F. The molecule has 0 fully saturated rings. The van der Waals surface area contributed by atoms with Gasteiger partial charge in [-0.2, -0.15) is 0 Å². The van der Waals surface area contributed by atoms with Crippen molar-refractivity contribution in [3.63, 3.8) is 0 Å². The average molecular weight is 500 g/mol.